The minimum absolute atomic E-state index is 0.116. The number of benzene rings is 2. The number of nitrogens with zero attached hydrogens (tertiary/aromatic N) is 1. The van der Waals surface area contributed by atoms with E-state index in [1.54, 1.807) is 30.0 Å². The van der Waals surface area contributed by atoms with Crippen LogP contribution in [0, 0.1) is 0 Å². The number of nitrogens with one attached hydrogen (secondary N) is 1. The summed E-state index contributed by atoms with van der Waals surface area (Å²) in [6.45, 7) is 3.05. The lowest BCUT2D eigenvalue weighted by Crippen LogP contribution is -2.49. The first-order valence-electron chi connectivity index (χ1n) is 11.8. The topological polar surface area (TPSA) is 67.9 Å². The predicted octanol–water partition coefficient (Wildman–Crippen LogP) is 5.17. The van der Waals surface area contributed by atoms with Gasteiger partial charge in [0, 0.05) is 29.1 Å². The van der Waals surface area contributed by atoms with Crippen LogP contribution in [0.4, 0.5) is 0 Å². The fraction of sp³-hybridized carbons (Fsp3) is 0.462. The molecule has 0 unspecified atom stereocenters. The van der Waals surface area contributed by atoms with Crippen LogP contribution >= 0.6 is 23.2 Å². The van der Waals surface area contributed by atoms with E-state index in [-0.39, 0.29) is 30.8 Å². The van der Waals surface area contributed by atoms with E-state index in [9.17, 15) is 9.59 Å². The van der Waals surface area contributed by atoms with E-state index in [1.165, 1.54) is 0 Å². The van der Waals surface area contributed by atoms with Crippen molar-refractivity contribution in [1.29, 1.82) is 0 Å². The van der Waals surface area contributed by atoms with Crippen LogP contribution in [0.5, 0.6) is 11.5 Å². The molecule has 1 saturated carbocycles. The molecule has 2 aliphatic rings. The standard InChI is InChI=1S/C26H30Cl2N2O4/c1-17(26(32)29-21-4-2-3-5-21)30(16-19-8-9-20(27)15-22(19)28)25(31)11-7-18-6-10-23-24(14-18)34-13-12-33-23/h6,8-10,14-15,17,21H,2-5,7,11-13,16H2,1H3,(H,29,32)/t17-/m1/s1. The summed E-state index contributed by atoms with van der Waals surface area (Å²) < 4.78 is 11.2. The summed E-state index contributed by atoms with van der Waals surface area (Å²) in [7, 11) is 0. The SMILES string of the molecule is C[C@H](C(=O)NC1CCCC1)N(Cc1ccc(Cl)cc1Cl)C(=O)CCc1ccc2c(c1)OCCO2. The van der Waals surface area contributed by atoms with Gasteiger partial charge >= 0.3 is 0 Å². The van der Waals surface area contributed by atoms with Crippen LogP contribution in [0.1, 0.15) is 50.2 Å². The van der Waals surface area contributed by atoms with Crippen LogP contribution in [0.2, 0.25) is 10.0 Å². The number of fused-ring (bicyclic) bond motifs is 1. The maximum Gasteiger partial charge on any atom is 0.242 e. The molecular formula is C26H30Cl2N2O4. The number of hydrogen-bond acceptors (Lipinski definition) is 4. The highest BCUT2D eigenvalue weighted by Gasteiger charge is 2.29. The third kappa shape index (κ3) is 6.16. The molecule has 6 nitrogen and oxygen atoms in total. The fourth-order valence-corrected chi connectivity index (χ4v) is 4.91. The van der Waals surface area contributed by atoms with Crippen LogP contribution in [0.3, 0.4) is 0 Å². The van der Waals surface area contributed by atoms with E-state index in [0.717, 1.165) is 42.6 Å². The molecule has 1 aliphatic carbocycles. The van der Waals surface area contributed by atoms with Crippen molar-refractivity contribution in [1.82, 2.24) is 10.2 Å². The van der Waals surface area contributed by atoms with Gasteiger partial charge in [0.25, 0.3) is 0 Å². The largest absolute Gasteiger partial charge is 0.486 e. The van der Waals surface area contributed by atoms with Gasteiger partial charge in [0.1, 0.15) is 19.3 Å². The molecule has 2 aromatic carbocycles. The van der Waals surface area contributed by atoms with Crippen LogP contribution in [-0.4, -0.2) is 42.0 Å². The zero-order chi connectivity index (χ0) is 24.1. The molecule has 1 fully saturated rings. The van der Waals surface area contributed by atoms with Crippen LogP contribution in [-0.2, 0) is 22.6 Å². The predicted molar refractivity (Wildman–Crippen MR) is 133 cm³/mol. The number of rotatable bonds is 8. The Kier molecular flexibility index (Phi) is 8.22. The van der Waals surface area contributed by atoms with Gasteiger partial charge in [-0.05, 0) is 61.6 Å². The monoisotopic (exact) mass is 504 g/mol. The molecule has 1 atom stereocenters. The van der Waals surface area contributed by atoms with Gasteiger partial charge in [-0.3, -0.25) is 9.59 Å². The lowest BCUT2D eigenvalue weighted by atomic mass is 10.1. The molecule has 34 heavy (non-hydrogen) atoms. The van der Waals surface area contributed by atoms with Gasteiger partial charge < -0.3 is 19.7 Å². The second kappa shape index (κ2) is 11.3. The highest BCUT2D eigenvalue weighted by molar-refractivity contribution is 6.35. The Morgan fingerprint density at radius 3 is 2.53 bits per heavy atom. The summed E-state index contributed by atoms with van der Waals surface area (Å²) in [5.41, 5.74) is 1.73. The lowest BCUT2D eigenvalue weighted by Gasteiger charge is -2.30. The van der Waals surface area contributed by atoms with Crippen molar-refractivity contribution in [3.8, 4) is 11.5 Å². The summed E-state index contributed by atoms with van der Waals surface area (Å²) >= 11 is 12.4. The molecule has 8 heteroatoms. The van der Waals surface area contributed by atoms with E-state index in [4.69, 9.17) is 32.7 Å². The number of halogens is 2. The van der Waals surface area contributed by atoms with E-state index in [1.807, 2.05) is 18.2 Å². The average Bonchev–Trinajstić information content (AvgIpc) is 3.34. The highest BCUT2D eigenvalue weighted by atomic mass is 35.5. The van der Waals surface area contributed by atoms with Crippen molar-refractivity contribution in [2.45, 2.75) is 64.1 Å². The smallest absolute Gasteiger partial charge is 0.242 e. The van der Waals surface area contributed by atoms with Crippen molar-refractivity contribution in [2.75, 3.05) is 13.2 Å². The Morgan fingerprint density at radius 2 is 1.79 bits per heavy atom. The van der Waals surface area contributed by atoms with Gasteiger partial charge in [0.2, 0.25) is 11.8 Å². The van der Waals surface area contributed by atoms with Crippen LogP contribution in [0.25, 0.3) is 0 Å². The average molecular weight is 505 g/mol. The molecule has 1 heterocycles. The summed E-state index contributed by atoms with van der Waals surface area (Å²) in [5.74, 6) is 1.17. The number of carbonyl (C=O) groups is 2. The Labute approximate surface area is 210 Å². The third-order valence-corrected chi connectivity index (χ3v) is 7.05. The Bertz CT molecular complexity index is 1040. The van der Waals surface area contributed by atoms with Gasteiger partial charge in [-0.2, -0.15) is 0 Å². The number of amides is 2. The Hall–Kier alpha value is -2.44. The van der Waals surface area contributed by atoms with Crippen molar-refractivity contribution < 1.29 is 19.1 Å². The molecule has 4 rings (SSSR count). The second-order valence-corrected chi connectivity index (χ2v) is 9.74. The zero-order valence-corrected chi connectivity index (χ0v) is 20.8. The Balaban J connectivity index is 1.47. The van der Waals surface area contributed by atoms with E-state index in [2.05, 4.69) is 5.32 Å². The molecule has 0 radical (unpaired) electrons. The minimum atomic E-state index is -0.625. The molecule has 0 saturated heterocycles. The van der Waals surface area contributed by atoms with E-state index >= 15 is 0 Å². The van der Waals surface area contributed by atoms with Crippen molar-refractivity contribution >= 4 is 35.0 Å². The minimum Gasteiger partial charge on any atom is -0.486 e. The lowest BCUT2D eigenvalue weighted by molar-refractivity contribution is -0.140. The van der Waals surface area contributed by atoms with E-state index < -0.39 is 6.04 Å². The second-order valence-electron chi connectivity index (χ2n) is 8.90. The fourth-order valence-electron chi connectivity index (χ4n) is 4.45. The normalized spacial score (nSPS) is 16.2. The molecule has 0 spiro atoms. The summed E-state index contributed by atoms with van der Waals surface area (Å²) in [6.07, 6.45) is 5.00. The number of aryl methyl sites for hydroxylation is 1. The molecule has 0 aromatic heterocycles. The summed E-state index contributed by atoms with van der Waals surface area (Å²) in [6, 6.07) is 10.5. The van der Waals surface area contributed by atoms with Gasteiger partial charge in [-0.25, -0.2) is 0 Å². The van der Waals surface area contributed by atoms with E-state index in [0.29, 0.717) is 35.4 Å². The molecule has 2 aromatic rings. The third-order valence-electron chi connectivity index (χ3n) is 6.46. The molecule has 1 N–H and O–H groups in total. The molecule has 2 amide bonds. The number of carbonyl (C=O) groups excluding carboxylic acids is 2. The molecule has 182 valence electrons. The van der Waals surface area contributed by atoms with Crippen LogP contribution < -0.4 is 14.8 Å². The van der Waals surface area contributed by atoms with Gasteiger partial charge in [0.05, 0.1) is 0 Å². The molecule has 1 aliphatic heterocycles. The molecule has 0 bridgehead atoms. The Morgan fingerprint density at radius 1 is 1.06 bits per heavy atom. The maximum absolute atomic E-state index is 13.4. The first kappa shape index (κ1) is 24.7. The highest BCUT2D eigenvalue weighted by Crippen LogP contribution is 2.31. The van der Waals surface area contributed by atoms with Crippen molar-refractivity contribution in [3.63, 3.8) is 0 Å². The number of hydrogen-bond donors (Lipinski definition) is 1. The van der Waals surface area contributed by atoms with Gasteiger partial charge in [-0.15, -0.1) is 0 Å². The first-order chi connectivity index (χ1) is 16.4. The first-order valence-corrected chi connectivity index (χ1v) is 12.6. The summed E-state index contributed by atoms with van der Waals surface area (Å²) in [4.78, 5) is 28.0. The van der Waals surface area contributed by atoms with Crippen LogP contribution in [0.15, 0.2) is 36.4 Å². The van der Waals surface area contributed by atoms with Gasteiger partial charge in [-0.1, -0.05) is 48.2 Å². The van der Waals surface area contributed by atoms with Crippen molar-refractivity contribution in [2.24, 2.45) is 0 Å². The molecular weight excluding hydrogens is 475 g/mol. The van der Waals surface area contributed by atoms with Crippen molar-refractivity contribution in [3.05, 3.63) is 57.6 Å². The quantitative estimate of drug-likeness (QED) is 0.538. The zero-order valence-electron chi connectivity index (χ0n) is 19.3. The maximum atomic E-state index is 13.4. The summed E-state index contributed by atoms with van der Waals surface area (Å²) in [5, 5.41) is 4.11. The van der Waals surface area contributed by atoms with Gasteiger partial charge in [0.15, 0.2) is 11.5 Å². The number of ether oxygens (including phenoxy) is 2.